The van der Waals surface area contributed by atoms with Crippen LogP contribution >= 0.6 is 12.2 Å². The van der Waals surface area contributed by atoms with Gasteiger partial charge in [-0.05, 0) is 18.6 Å². The van der Waals surface area contributed by atoms with E-state index in [1.807, 2.05) is 19.1 Å². The molecule has 1 aliphatic carbocycles. The molecule has 0 bridgehead atoms. The molecule has 1 radical (unpaired) electrons. The van der Waals surface area contributed by atoms with Crippen molar-refractivity contribution in [3.8, 4) is 0 Å². The summed E-state index contributed by atoms with van der Waals surface area (Å²) in [5.74, 6) is 0. The molecule has 0 spiro atoms. The fourth-order valence-electron chi connectivity index (χ4n) is 0.583. The largest absolute Gasteiger partial charge is 0.0843 e. The Morgan fingerprint density at radius 2 is 2.50 bits per heavy atom. The molecule has 0 heterocycles. The van der Waals surface area contributed by atoms with Gasteiger partial charge in [0.15, 0.2) is 0 Å². The van der Waals surface area contributed by atoms with E-state index in [1.165, 1.54) is 0 Å². The summed E-state index contributed by atoms with van der Waals surface area (Å²) >= 11 is 4.98. The van der Waals surface area contributed by atoms with Gasteiger partial charge < -0.3 is 0 Å². The number of hydrogen-bond acceptors (Lipinski definition) is 1. The van der Waals surface area contributed by atoms with Crippen molar-refractivity contribution in [3.63, 3.8) is 0 Å². The van der Waals surface area contributed by atoms with E-state index in [9.17, 15) is 0 Å². The third-order valence-corrected chi connectivity index (χ3v) is 1.61. The Kier molecular flexibility index (Phi) is 1.59. The maximum atomic E-state index is 4.98. The molecule has 0 N–H and O–H groups in total. The highest BCUT2D eigenvalue weighted by atomic mass is 32.1. The molecule has 1 heteroatoms. The maximum Gasteiger partial charge on any atom is 0.0225 e. The van der Waals surface area contributed by atoms with Crippen LogP contribution in [-0.2, 0) is 0 Å². The second kappa shape index (κ2) is 2.23. The zero-order valence-electron chi connectivity index (χ0n) is 4.77. The summed E-state index contributed by atoms with van der Waals surface area (Å²) < 4.78 is 0. The van der Waals surface area contributed by atoms with E-state index < -0.39 is 0 Å². The van der Waals surface area contributed by atoms with Crippen LogP contribution in [0.2, 0.25) is 0 Å². The van der Waals surface area contributed by atoms with Crippen molar-refractivity contribution < 1.29 is 0 Å². The van der Waals surface area contributed by atoms with E-state index in [2.05, 4.69) is 6.08 Å². The van der Waals surface area contributed by atoms with Gasteiger partial charge in [0.25, 0.3) is 0 Å². The van der Waals surface area contributed by atoms with Gasteiger partial charge in [0.05, 0.1) is 0 Å². The molecule has 0 saturated heterocycles. The van der Waals surface area contributed by atoms with Gasteiger partial charge in [-0.25, -0.2) is 0 Å². The quantitative estimate of drug-likeness (QED) is 0.444. The highest BCUT2D eigenvalue weighted by molar-refractivity contribution is 7.80. The average molecular weight is 123 g/mol. The summed E-state index contributed by atoms with van der Waals surface area (Å²) in [7, 11) is 0. The van der Waals surface area contributed by atoms with Crippen molar-refractivity contribution in [1.82, 2.24) is 0 Å². The van der Waals surface area contributed by atoms with E-state index in [0.717, 1.165) is 16.9 Å². The smallest absolute Gasteiger partial charge is 0.0225 e. The van der Waals surface area contributed by atoms with E-state index in [1.54, 1.807) is 0 Å². The highest BCUT2D eigenvalue weighted by Gasteiger charge is 1.98. The van der Waals surface area contributed by atoms with Gasteiger partial charge in [0.2, 0.25) is 0 Å². The first-order chi connectivity index (χ1) is 3.80. The molecule has 0 aromatic carbocycles. The Morgan fingerprint density at radius 1 is 1.75 bits per heavy atom. The van der Waals surface area contributed by atoms with Gasteiger partial charge in [-0.3, -0.25) is 0 Å². The Morgan fingerprint density at radius 3 is 2.88 bits per heavy atom. The summed E-state index contributed by atoms with van der Waals surface area (Å²) in [6.07, 6.45) is 7.90. The van der Waals surface area contributed by atoms with Crippen molar-refractivity contribution in [1.29, 1.82) is 0 Å². The molecule has 0 aliphatic heterocycles. The maximum absolute atomic E-state index is 4.98. The van der Waals surface area contributed by atoms with Crippen molar-refractivity contribution in [2.24, 2.45) is 0 Å². The minimum absolute atomic E-state index is 0.925. The first-order valence-corrected chi connectivity index (χ1v) is 3.00. The lowest BCUT2D eigenvalue weighted by molar-refractivity contribution is 1.40. The van der Waals surface area contributed by atoms with E-state index in [4.69, 9.17) is 12.2 Å². The second-order valence-electron chi connectivity index (χ2n) is 1.80. The molecule has 0 amide bonds. The molecule has 0 saturated carbocycles. The van der Waals surface area contributed by atoms with Gasteiger partial charge in [0.1, 0.15) is 0 Å². The van der Waals surface area contributed by atoms with Crippen LogP contribution in [0.15, 0.2) is 17.7 Å². The summed E-state index contributed by atoms with van der Waals surface area (Å²) in [5, 5.41) is 0. The molecule has 0 fully saturated rings. The van der Waals surface area contributed by atoms with Crippen molar-refractivity contribution >= 4 is 17.1 Å². The van der Waals surface area contributed by atoms with Gasteiger partial charge in [-0.1, -0.05) is 24.4 Å². The van der Waals surface area contributed by atoms with Crippen LogP contribution in [0.4, 0.5) is 0 Å². The van der Waals surface area contributed by atoms with Crippen LogP contribution in [0.1, 0.15) is 13.3 Å². The van der Waals surface area contributed by atoms with Gasteiger partial charge in [0, 0.05) is 11.3 Å². The van der Waals surface area contributed by atoms with Gasteiger partial charge in [-0.15, -0.1) is 0 Å². The summed E-state index contributed by atoms with van der Waals surface area (Å²) in [4.78, 5) is 1.02. The first-order valence-electron chi connectivity index (χ1n) is 2.59. The molecule has 41 valence electrons. The first kappa shape index (κ1) is 5.70. The number of rotatable bonds is 0. The standard InChI is InChI=1S/C7H7S/c1-6-4-2-3-5-7(6)8/h2-3H,5H2,1H3. The molecule has 0 nitrogen and oxygen atoms in total. The van der Waals surface area contributed by atoms with Crippen LogP contribution in [0, 0.1) is 6.08 Å². The minimum Gasteiger partial charge on any atom is -0.0843 e. The number of thiocarbonyl (C=S) groups is 1. The zero-order chi connectivity index (χ0) is 5.98. The topological polar surface area (TPSA) is 0 Å². The van der Waals surface area contributed by atoms with Crippen molar-refractivity contribution in [2.75, 3.05) is 0 Å². The minimum atomic E-state index is 0.925. The van der Waals surface area contributed by atoms with Crippen molar-refractivity contribution in [2.45, 2.75) is 13.3 Å². The Labute approximate surface area is 54.9 Å². The Balaban J connectivity index is 2.80. The third kappa shape index (κ3) is 1.04. The zero-order valence-corrected chi connectivity index (χ0v) is 5.59. The van der Waals surface area contributed by atoms with E-state index in [-0.39, 0.29) is 0 Å². The molecule has 1 rings (SSSR count). The number of allylic oxidation sites excluding steroid dienone is 4. The van der Waals surface area contributed by atoms with Crippen LogP contribution in [0.25, 0.3) is 0 Å². The fraction of sp³-hybridized carbons (Fsp3) is 0.286. The molecule has 0 aromatic rings. The van der Waals surface area contributed by atoms with E-state index in [0.29, 0.717) is 0 Å². The molecule has 1 aliphatic rings. The molecule has 0 aromatic heterocycles. The van der Waals surface area contributed by atoms with Gasteiger partial charge >= 0.3 is 0 Å². The molecular formula is C7H7S. The Hall–Kier alpha value is -0.430. The fourth-order valence-corrected chi connectivity index (χ4v) is 0.739. The van der Waals surface area contributed by atoms with Crippen LogP contribution in [0.5, 0.6) is 0 Å². The van der Waals surface area contributed by atoms with E-state index >= 15 is 0 Å². The SMILES string of the molecule is CC1=[C]C=CCC1=S. The van der Waals surface area contributed by atoms with Crippen molar-refractivity contribution in [3.05, 3.63) is 23.8 Å². The molecule has 0 atom stereocenters. The lowest BCUT2D eigenvalue weighted by atomic mass is 10.1. The summed E-state index contributed by atoms with van der Waals surface area (Å²) in [6, 6.07) is 0. The summed E-state index contributed by atoms with van der Waals surface area (Å²) in [6.45, 7) is 1.99. The predicted molar refractivity (Wildman–Crippen MR) is 38.8 cm³/mol. The van der Waals surface area contributed by atoms with Crippen LogP contribution < -0.4 is 0 Å². The lowest BCUT2D eigenvalue weighted by Crippen LogP contribution is -1.96. The molecule has 0 unspecified atom stereocenters. The summed E-state index contributed by atoms with van der Waals surface area (Å²) in [5.41, 5.74) is 1.11. The molecular weight excluding hydrogens is 116 g/mol. The van der Waals surface area contributed by atoms with Crippen LogP contribution in [0.3, 0.4) is 0 Å². The van der Waals surface area contributed by atoms with Crippen LogP contribution in [-0.4, -0.2) is 4.86 Å². The normalized spacial score (nSPS) is 18.6. The molecule has 8 heavy (non-hydrogen) atoms. The number of hydrogen-bond donors (Lipinski definition) is 0. The Bertz CT molecular complexity index is 163. The second-order valence-corrected chi connectivity index (χ2v) is 2.29. The monoisotopic (exact) mass is 123 g/mol. The predicted octanol–water partition coefficient (Wildman–Crippen LogP) is 2.07. The highest BCUT2D eigenvalue weighted by Crippen LogP contribution is 2.06. The lowest BCUT2D eigenvalue weighted by Gasteiger charge is -2.01. The van der Waals surface area contributed by atoms with Gasteiger partial charge in [-0.2, -0.15) is 0 Å². The average Bonchev–Trinajstić information content (AvgIpc) is 1.77. The third-order valence-electron chi connectivity index (χ3n) is 1.14.